The molecule has 18 heavy (non-hydrogen) atoms. The zero-order valence-electron chi connectivity index (χ0n) is 10.5. The molecule has 3 aliphatic rings. The minimum absolute atomic E-state index is 0.381. The zero-order chi connectivity index (χ0) is 12.9. The van der Waals surface area contributed by atoms with E-state index in [1.165, 1.54) is 18.4 Å². The SMILES string of the molecule is CC1(C(=O)OCC(=O)O)C=C2CC3CC(CC23)C1. The van der Waals surface area contributed by atoms with E-state index in [2.05, 4.69) is 6.08 Å². The lowest BCUT2D eigenvalue weighted by Gasteiger charge is -2.37. The van der Waals surface area contributed by atoms with Crippen molar-refractivity contribution < 1.29 is 19.4 Å². The first-order valence-electron chi connectivity index (χ1n) is 6.58. The average Bonchev–Trinajstić information content (AvgIpc) is 2.52. The fourth-order valence-electron chi connectivity index (χ4n) is 4.05. The lowest BCUT2D eigenvalue weighted by Crippen LogP contribution is -2.34. The Hall–Kier alpha value is -1.32. The lowest BCUT2D eigenvalue weighted by atomic mass is 9.67. The summed E-state index contributed by atoms with van der Waals surface area (Å²) in [5.41, 5.74) is 0.782. The maximum absolute atomic E-state index is 12.1. The van der Waals surface area contributed by atoms with E-state index in [-0.39, 0.29) is 5.97 Å². The fourth-order valence-corrected chi connectivity index (χ4v) is 4.05. The van der Waals surface area contributed by atoms with E-state index in [1.807, 2.05) is 6.92 Å². The standard InChI is InChI=1S/C14H18O4/c1-14(13(17)18-7-12(15)16)5-8-2-9-4-10(6-14)11(9)3-8/h6,8-9,11H,2-5,7H2,1H3,(H,15,16). The minimum atomic E-state index is -1.10. The second-order valence-electron chi connectivity index (χ2n) is 6.22. The third-order valence-electron chi connectivity index (χ3n) is 4.78. The molecule has 4 nitrogen and oxygen atoms in total. The fraction of sp³-hybridized carbons (Fsp3) is 0.714. The van der Waals surface area contributed by atoms with Crippen molar-refractivity contribution in [1.82, 2.24) is 0 Å². The van der Waals surface area contributed by atoms with Crippen LogP contribution in [-0.2, 0) is 14.3 Å². The van der Waals surface area contributed by atoms with Crippen LogP contribution in [0.25, 0.3) is 0 Å². The number of aliphatic carboxylic acids is 1. The summed E-state index contributed by atoms with van der Waals surface area (Å²) in [7, 11) is 0. The Morgan fingerprint density at radius 1 is 1.50 bits per heavy atom. The molecule has 4 atom stereocenters. The highest BCUT2D eigenvalue weighted by Crippen LogP contribution is 2.59. The smallest absolute Gasteiger partial charge is 0.341 e. The third-order valence-corrected chi connectivity index (χ3v) is 4.78. The second kappa shape index (κ2) is 3.84. The number of carboxylic acids is 1. The Bertz CT molecular complexity index is 439. The van der Waals surface area contributed by atoms with E-state index < -0.39 is 18.0 Å². The van der Waals surface area contributed by atoms with E-state index in [0.717, 1.165) is 18.8 Å². The second-order valence-corrected chi connectivity index (χ2v) is 6.22. The van der Waals surface area contributed by atoms with Crippen molar-refractivity contribution in [3.63, 3.8) is 0 Å². The molecular weight excluding hydrogens is 232 g/mol. The zero-order valence-corrected chi connectivity index (χ0v) is 10.5. The van der Waals surface area contributed by atoms with Gasteiger partial charge in [-0.25, -0.2) is 4.79 Å². The van der Waals surface area contributed by atoms with E-state index in [4.69, 9.17) is 9.84 Å². The van der Waals surface area contributed by atoms with Gasteiger partial charge in [0, 0.05) is 0 Å². The van der Waals surface area contributed by atoms with Crippen molar-refractivity contribution in [2.45, 2.75) is 32.6 Å². The monoisotopic (exact) mass is 250 g/mol. The summed E-state index contributed by atoms with van der Waals surface area (Å²) in [5.74, 6) is 0.662. The molecule has 0 aromatic heterocycles. The average molecular weight is 250 g/mol. The van der Waals surface area contributed by atoms with Crippen molar-refractivity contribution in [2.75, 3.05) is 6.61 Å². The summed E-state index contributed by atoms with van der Waals surface area (Å²) in [6.45, 7) is 1.35. The highest BCUT2D eigenvalue weighted by atomic mass is 16.6. The van der Waals surface area contributed by atoms with E-state index in [9.17, 15) is 9.59 Å². The molecule has 0 saturated heterocycles. The maximum atomic E-state index is 12.1. The summed E-state index contributed by atoms with van der Waals surface area (Å²) in [4.78, 5) is 22.6. The van der Waals surface area contributed by atoms with Gasteiger partial charge in [-0.3, -0.25) is 4.79 Å². The third kappa shape index (κ3) is 1.74. The van der Waals surface area contributed by atoms with Gasteiger partial charge < -0.3 is 9.84 Å². The first-order valence-corrected chi connectivity index (χ1v) is 6.58. The molecule has 2 fully saturated rings. The van der Waals surface area contributed by atoms with E-state index >= 15 is 0 Å². The van der Waals surface area contributed by atoms with Crippen LogP contribution in [0.5, 0.6) is 0 Å². The minimum Gasteiger partial charge on any atom is -0.479 e. The summed E-state index contributed by atoms with van der Waals surface area (Å²) in [5, 5.41) is 8.57. The number of hydrogen-bond acceptors (Lipinski definition) is 3. The number of allylic oxidation sites excluding steroid dienone is 1. The summed E-state index contributed by atoms with van der Waals surface area (Å²) in [6, 6.07) is 0. The van der Waals surface area contributed by atoms with Crippen LogP contribution < -0.4 is 0 Å². The molecule has 1 N–H and O–H groups in total. The molecule has 0 spiro atoms. The number of esters is 1. The molecule has 0 aromatic rings. The van der Waals surface area contributed by atoms with Crippen LogP contribution in [0.15, 0.2) is 11.6 Å². The van der Waals surface area contributed by atoms with Gasteiger partial charge in [-0.1, -0.05) is 11.6 Å². The van der Waals surface area contributed by atoms with Gasteiger partial charge in [-0.05, 0) is 50.4 Å². The van der Waals surface area contributed by atoms with Crippen molar-refractivity contribution in [1.29, 1.82) is 0 Å². The first kappa shape index (κ1) is 11.8. The summed E-state index contributed by atoms with van der Waals surface area (Å²) >= 11 is 0. The maximum Gasteiger partial charge on any atom is 0.341 e. The van der Waals surface area contributed by atoms with E-state index in [0.29, 0.717) is 11.8 Å². The molecule has 0 heterocycles. The molecule has 98 valence electrons. The molecule has 0 radical (unpaired) electrons. The summed E-state index contributed by atoms with van der Waals surface area (Å²) in [6.07, 6.45) is 6.44. The quantitative estimate of drug-likeness (QED) is 0.614. The number of rotatable bonds is 3. The van der Waals surface area contributed by atoms with Gasteiger partial charge in [-0.15, -0.1) is 0 Å². The van der Waals surface area contributed by atoms with Gasteiger partial charge in [0.1, 0.15) is 0 Å². The Labute approximate surface area is 106 Å². The molecule has 2 bridgehead atoms. The molecule has 4 heteroatoms. The lowest BCUT2D eigenvalue weighted by molar-refractivity contribution is -0.161. The van der Waals surface area contributed by atoms with Crippen LogP contribution in [0.1, 0.15) is 32.6 Å². The van der Waals surface area contributed by atoms with Gasteiger partial charge >= 0.3 is 11.9 Å². The molecule has 3 rings (SSSR count). The Kier molecular flexibility index (Phi) is 2.50. The van der Waals surface area contributed by atoms with Crippen molar-refractivity contribution >= 4 is 11.9 Å². The number of carbonyl (C=O) groups is 2. The van der Waals surface area contributed by atoms with Crippen LogP contribution in [0, 0.1) is 23.2 Å². The van der Waals surface area contributed by atoms with Crippen LogP contribution in [-0.4, -0.2) is 23.7 Å². The number of fused-ring (bicyclic) bond motifs is 1. The van der Waals surface area contributed by atoms with Gasteiger partial charge in [0.2, 0.25) is 0 Å². The van der Waals surface area contributed by atoms with Gasteiger partial charge in [0.05, 0.1) is 5.41 Å². The molecule has 0 aromatic carbocycles. The van der Waals surface area contributed by atoms with Crippen LogP contribution >= 0.6 is 0 Å². The molecular formula is C14H18O4. The predicted molar refractivity (Wildman–Crippen MR) is 63.7 cm³/mol. The Balaban J connectivity index is 1.77. The number of hydrogen-bond donors (Lipinski definition) is 1. The first-order chi connectivity index (χ1) is 8.48. The van der Waals surface area contributed by atoms with Crippen LogP contribution in [0.3, 0.4) is 0 Å². The Morgan fingerprint density at radius 2 is 2.28 bits per heavy atom. The normalized spacial score (nSPS) is 40.5. The van der Waals surface area contributed by atoms with Crippen LogP contribution in [0.2, 0.25) is 0 Å². The number of carboxylic acid groups (broad SMARTS) is 1. The molecule has 3 aliphatic carbocycles. The van der Waals surface area contributed by atoms with E-state index in [1.54, 1.807) is 0 Å². The van der Waals surface area contributed by atoms with Crippen molar-refractivity contribution in [3.05, 3.63) is 11.6 Å². The summed E-state index contributed by atoms with van der Waals surface area (Å²) < 4.78 is 4.89. The molecule has 0 amide bonds. The molecule has 0 aliphatic heterocycles. The van der Waals surface area contributed by atoms with Gasteiger partial charge in [-0.2, -0.15) is 0 Å². The largest absolute Gasteiger partial charge is 0.479 e. The number of carbonyl (C=O) groups excluding carboxylic acids is 1. The highest BCUT2D eigenvalue weighted by molar-refractivity contribution is 5.81. The van der Waals surface area contributed by atoms with Gasteiger partial charge in [0.25, 0.3) is 0 Å². The predicted octanol–water partition coefficient (Wildman–Crippen LogP) is 2.00. The van der Waals surface area contributed by atoms with Crippen LogP contribution in [0.4, 0.5) is 0 Å². The highest BCUT2D eigenvalue weighted by Gasteiger charge is 2.51. The number of ether oxygens (including phenoxy) is 1. The topological polar surface area (TPSA) is 63.6 Å². The van der Waals surface area contributed by atoms with Crippen molar-refractivity contribution in [3.8, 4) is 0 Å². The molecule has 4 unspecified atom stereocenters. The molecule has 2 saturated carbocycles. The van der Waals surface area contributed by atoms with Gasteiger partial charge in [0.15, 0.2) is 6.61 Å². The Morgan fingerprint density at radius 3 is 3.00 bits per heavy atom. The van der Waals surface area contributed by atoms with Crippen molar-refractivity contribution in [2.24, 2.45) is 23.2 Å².